The topological polar surface area (TPSA) is 116 Å². The summed E-state index contributed by atoms with van der Waals surface area (Å²) >= 11 is 1.28. The molecule has 0 fully saturated rings. The number of thioether (sulfide) groups is 1. The van der Waals surface area contributed by atoms with Crippen LogP contribution in [0.5, 0.6) is 11.5 Å². The van der Waals surface area contributed by atoms with Crippen LogP contribution < -0.4 is 4.74 Å². The van der Waals surface area contributed by atoms with Crippen LogP contribution in [0, 0.1) is 0 Å². The van der Waals surface area contributed by atoms with Gasteiger partial charge in [-0.3, -0.25) is 9.79 Å². The summed E-state index contributed by atoms with van der Waals surface area (Å²) in [6.07, 6.45) is 0.392. The second-order valence-corrected chi connectivity index (χ2v) is 6.27. The van der Waals surface area contributed by atoms with Crippen molar-refractivity contribution in [3.63, 3.8) is 0 Å². The number of hydrogen-bond acceptors (Lipinski definition) is 6. The van der Waals surface area contributed by atoms with E-state index in [1.807, 2.05) is 0 Å². The third-order valence-electron chi connectivity index (χ3n) is 3.30. The van der Waals surface area contributed by atoms with Crippen LogP contribution >= 0.6 is 11.8 Å². The molecule has 7 nitrogen and oxygen atoms in total. The molecule has 1 atom stereocenters. The van der Waals surface area contributed by atoms with Crippen molar-refractivity contribution in [2.24, 2.45) is 4.99 Å². The van der Waals surface area contributed by atoms with Gasteiger partial charge in [0.05, 0.1) is 6.61 Å². The van der Waals surface area contributed by atoms with Crippen LogP contribution in [0.15, 0.2) is 23.2 Å². The summed E-state index contributed by atoms with van der Waals surface area (Å²) in [6.45, 7) is 1.77. The summed E-state index contributed by atoms with van der Waals surface area (Å²) in [7, 11) is 0. The Hall–Kier alpha value is -2.22. The van der Waals surface area contributed by atoms with Crippen LogP contribution in [0.1, 0.15) is 25.3 Å². The van der Waals surface area contributed by atoms with E-state index in [2.05, 4.69) is 4.99 Å². The predicted octanol–water partition coefficient (Wildman–Crippen LogP) is 1.97. The van der Waals surface area contributed by atoms with E-state index in [9.17, 15) is 14.7 Å². The molecule has 2 rings (SSSR count). The van der Waals surface area contributed by atoms with Crippen molar-refractivity contribution in [2.75, 3.05) is 12.4 Å². The van der Waals surface area contributed by atoms with Gasteiger partial charge in [0.25, 0.3) is 0 Å². The Bertz CT molecular complexity index is 659. The lowest BCUT2D eigenvalue weighted by atomic mass is 10.1. The number of aliphatic imine (C=N–C) groups is 1. The fraction of sp³-hybridized carbons (Fsp3) is 0.400. The van der Waals surface area contributed by atoms with Gasteiger partial charge in [0.15, 0.2) is 5.54 Å². The quantitative estimate of drug-likeness (QED) is 0.650. The fourth-order valence-electron chi connectivity index (χ4n) is 1.94. The number of hydrogen-bond donors (Lipinski definition) is 3. The molecule has 0 bridgehead atoms. The molecule has 1 heterocycles. The Morgan fingerprint density at radius 2 is 2.13 bits per heavy atom. The second-order valence-electron chi connectivity index (χ2n) is 5.31. The summed E-state index contributed by atoms with van der Waals surface area (Å²) in [6, 6.07) is 4.66. The maximum absolute atomic E-state index is 11.2. The molecule has 0 aliphatic carbocycles. The number of benzene rings is 1. The molecule has 1 aromatic carbocycles. The minimum absolute atomic E-state index is 0.0191. The molecule has 1 unspecified atom stereocenters. The van der Waals surface area contributed by atoms with Crippen molar-refractivity contribution < 1.29 is 29.6 Å². The number of phenols is 1. The average molecular weight is 339 g/mol. The highest BCUT2D eigenvalue weighted by molar-refractivity contribution is 8.14. The van der Waals surface area contributed by atoms with Gasteiger partial charge in [-0.15, -0.1) is 11.8 Å². The number of carboxylic acids is 2. The van der Waals surface area contributed by atoms with E-state index in [1.54, 1.807) is 12.1 Å². The first kappa shape index (κ1) is 17.1. The molecule has 1 aromatic rings. The summed E-state index contributed by atoms with van der Waals surface area (Å²) in [5.74, 6) is -1.21. The van der Waals surface area contributed by atoms with E-state index in [0.717, 1.165) is 0 Å². The van der Waals surface area contributed by atoms with Crippen molar-refractivity contribution in [1.82, 2.24) is 0 Å². The Kier molecular flexibility index (Phi) is 5.15. The zero-order valence-electron chi connectivity index (χ0n) is 12.5. The average Bonchev–Trinajstić information content (AvgIpc) is 2.87. The van der Waals surface area contributed by atoms with Gasteiger partial charge in [-0.2, -0.15) is 0 Å². The number of carbonyl (C=O) groups is 2. The Morgan fingerprint density at radius 3 is 2.70 bits per heavy atom. The molecule has 1 aliphatic heterocycles. The number of ether oxygens (including phenoxy) is 1. The normalized spacial score (nSPS) is 20.1. The van der Waals surface area contributed by atoms with E-state index in [4.69, 9.17) is 14.9 Å². The third-order valence-corrected chi connectivity index (χ3v) is 4.59. The van der Waals surface area contributed by atoms with Crippen LogP contribution in [-0.2, 0) is 9.59 Å². The van der Waals surface area contributed by atoms with E-state index in [1.165, 1.54) is 24.8 Å². The van der Waals surface area contributed by atoms with Crippen molar-refractivity contribution in [1.29, 1.82) is 0 Å². The number of carboxylic acid groups (broad SMARTS) is 2. The lowest BCUT2D eigenvalue weighted by molar-refractivity contribution is -0.141. The van der Waals surface area contributed by atoms with Crippen molar-refractivity contribution >= 4 is 28.7 Å². The zero-order chi connectivity index (χ0) is 17.0. The maximum atomic E-state index is 11.2. The lowest BCUT2D eigenvalue weighted by Crippen LogP contribution is -2.33. The van der Waals surface area contributed by atoms with Crippen LogP contribution in [0.25, 0.3) is 0 Å². The molecule has 124 valence electrons. The minimum atomic E-state index is -1.18. The molecule has 0 aromatic heterocycles. The molecule has 0 spiro atoms. The lowest BCUT2D eigenvalue weighted by Gasteiger charge is -2.11. The predicted molar refractivity (Wildman–Crippen MR) is 85.5 cm³/mol. The molecular weight excluding hydrogens is 322 g/mol. The van der Waals surface area contributed by atoms with Crippen molar-refractivity contribution in [3.05, 3.63) is 23.8 Å². The van der Waals surface area contributed by atoms with Gasteiger partial charge in [-0.25, -0.2) is 4.79 Å². The molecule has 23 heavy (non-hydrogen) atoms. The number of aromatic hydroxyl groups is 1. The molecule has 0 saturated heterocycles. The highest BCUT2D eigenvalue weighted by Gasteiger charge is 2.38. The molecular formula is C15H17NO6S. The first-order chi connectivity index (χ1) is 10.8. The molecule has 8 heteroatoms. The van der Waals surface area contributed by atoms with Gasteiger partial charge >= 0.3 is 11.9 Å². The second kappa shape index (κ2) is 6.91. The van der Waals surface area contributed by atoms with Gasteiger partial charge in [0.1, 0.15) is 16.5 Å². The third kappa shape index (κ3) is 4.16. The number of phenolic OH excluding ortho intramolecular Hbond substituents is 1. The maximum Gasteiger partial charge on any atom is 0.332 e. The summed E-state index contributed by atoms with van der Waals surface area (Å²) < 4.78 is 5.37. The van der Waals surface area contributed by atoms with E-state index in [0.29, 0.717) is 28.5 Å². The van der Waals surface area contributed by atoms with E-state index < -0.39 is 17.5 Å². The molecule has 3 N–H and O–H groups in total. The van der Waals surface area contributed by atoms with Crippen LogP contribution in [-0.4, -0.2) is 50.2 Å². The highest BCUT2D eigenvalue weighted by atomic mass is 32.2. The van der Waals surface area contributed by atoms with Gasteiger partial charge in [-0.1, -0.05) is 0 Å². The summed E-state index contributed by atoms with van der Waals surface area (Å²) in [5, 5.41) is 28.3. The molecule has 0 radical (unpaired) electrons. The van der Waals surface area contributed by atoms with Crippen LogP contribution in [0.2, 0.25) is 0 Å². The number of aliphatic carboxylic acids is 2. The first-order valence-corrected chi connectivity index (χ1v) is 7.94. The fourth-order valence-corrected chi connectivity index (χ4v) is 3.14. The van der Waals surface area contributed by atoms with Crippen molar-refractivity contribution in [2.45, 2.75) is 25.3 Å². The molecule has 1 aliphatic rings. The van der Waals surface area contributed by atoms with Gasteiger partial charge in [0, 0.05) is 23.8 Å². The van der Waals surface area contributed by atoms with Gasteiger partial charge in [-0.05, 0) is 25.5 Å². The number of rotatable bonds is 7. The van der Waals surface area contributed by atoms with Crippen LogP contribution in [0.4, 0.5) is 0 Å². The Balaban J connectivity index is 2.06. The van der Waals surface area contributed by atoms with Crippen molar-refractivity contribution in [3.8, 4) is 11.5 Å². The Labute approximate surface area is 137 Å². The standard InChI is InChI=1S/C15H17NO6S/c1-15(14(20)21)8-23-13(16-15)10-5-4-9(7-11(10)17)22-6-2-3-12(18)19/h4-5,7,17H,2-3,6,8H2,1H3,(H,18,19)(H,20,21). The summed E-state index contributed by atoms with van der Waals surface area (Å²) in [5.41, 5.74) is -0.726. The van der Waals surface area contributed by atoms with E-state index in [-0.39, 0.29) is 18.8 Å². The summed E-state index contributed by atoms with van der Waals surface area (Å²) in [4.78, 5) is 25.8. The van der Waals surface area contributed by atoms with Gasteiger partial charge < -0.3 is 20.1 Å². The highest BCUT2D eigenvalue weighted by Crippen LogP contribution is 2.35. The monoisotopic (exact) mass is 339 g/mol. The zero-order valence-corrected chi connectivity index (χ0v) is 13.3. The SMILES string of the molecule is CC1(C(=O)O)CSC(c2ccc(OCCCC(=O)O)cc2O)=N1. The first-order valence-electron chi connectivity index (χ1n) is 6.96. The Morgan fingerprint density at radius 1 is 1.39 bits per heavy atom. The molecule has 0 amide bonds. The van der Waals surface area contributed by atoms with Crippen LogP contribution in [0.3, 0.4) is 0 Å². The molecule has 0 saturated carbocycles. The largest absolute Gasteiger partial charge is 0.507 e. The number of nitrogens with zero attached hydrogens (tertiary/aromatic N) is 1. The van der Waals surface area contributed by atoms with Gasteiger partial charge in [0.2, 0.25) is 0 Å². The smallest absolute Gasteiger partial charge is 0.332 e. The minimum Gasteiger partial charge on any atom is -0.507 e. The van der Waals surface area contributed by atoms with E-state index >= 15 is 0 Å².